The second-order valence-corrected chi connectivity index (χ2v) is 6.14. The highest BCUT2D eigenvalue weighted by Crippen LogP contribution is 2.23. The lowest BCUT2D eigenvalue weighted by Gasteiger charge is -2.20. The van der Waals surface area contributed by atoms with Crippen molar-refractivity contribution in [3.63, 3.8) is 0 Å². The van der Waals surface area contributed by atoms with Crippen LogP contribution in [0, 0.1) is 5.82 Å². The van der Waals surface area contributed by atoms with Crippen LogP contribution in [-0.2, 0) is 6.54 Å². The molecule has 0 saturated heterocycles. The maximum Gasteiger partial charge on any atom is 0.219 e. The molecule has 1 aromatic carbocycles. The summed E-state index contributed by atoms with van der Waals surface area (Å²) in [6.07, 6.45) is 0. The minimum Gasteiger partial charge on any atom is -0.439 e. The van der Waals surface area contributed by atoms with Gasteiger partial charge in [-0.2, -0.15) is 0 Å². The van der Waals surface area contributed by atoms with Gasteiger partial charge in [-0.3, -0.25) is 0 Å². The normalized spacial score (nSPS) is 11.5. The minimum absolute atomic E-state index is 0.0289. The summed E-state index contributed by atoms with van der Waals surface area (Å²) in [5.41, 5.74) is 0.685. The van der Waals surface area contributed by atoms with Crippen molar-refractivity contribution in [2.45, 2.75) is 32.9 Å². The lowest BCUT2D eigenvalue weighted by molar-refractivity contribution is 0.416. The van der Waals surface area contributed by atoms with Gasteiger partial charge in [-0.15, -0.1) is 0 Å². The van der Waals surface area contributed by atoms with Gasteiger partial charge in [0.05, 0.1) is 10.7 Å². The van der Waals surface area contributed by atoms with E-state index in [1.54, 1.807) is 24.3 Å². The molecule has 2 rings (SSSR count). The fourth-order valence-corrected chi connectivity index (χ4v) is 1.79. The van der Waals surface area contributed by atoms with E-state index in [0.717, 1.165) is 0 Å². The molecule has 0 unspecified atom stereocenters. The number of ether oxygens (including phenoxy) is 1. The minimum atomic E-state index is -0.304. The van der Waals surface area contributed by atoms with Crippen molar-refractivity contribution >= 4 is 11.6 Å². The van der Waals surface area contributed by atoms with Gasteiger partial charge in [0, 0.05) is 18.2 Å². The van der Waals surface area contributed by atoms with Crippen LogP contribution in [-0.4, -0.2) is 10.5 Å². The Hall–Kier alpha value is -1.65. The van der Waals surface area contributed by atoms with E-state index in [9.17, 15) is 4.39 Å². The molecule has 3 nitrogen and oxygen atoms in total. The second-order valence-electron chi connectivity index (χ2n) is 5.74. The van der Waals surface area contributed by atoms with Gasteiger partial charge in [0.1, 0.15) is 11.6 Å². The molecule has 0 saturated carbocycles. The first-order valence-electron chi connectivity index (χ1n) is 6.67. The first kappa shape index (κ1) is 15.7. The summed E-state index contributed by atoms with van der Waals surface area (Å²) in [5, 5.41) is 3.91. The van der Waals surface area contributed by atoms with E-state index in [1.807, 2.05) is 0 Å². The zero-order valence-electron chi connectivity index (χ0n) is 12.3. The Balaban J connectivity index is 2.12. The van der Waals surface area contributed by atoms with E-state index in [-0.39, 0.29) is 11.4 Å². The third-order valence-electron chi connectivity index (χ3n) is 2.72. The first-order chi connectivity index (χ1) is 9.83. The highest BCUT2D eigenvalue weighted by molar-refractivity contribution is 6.31. The number of halogens is 2. The fraction of sp³-hybridized carbons (Fsp3) is 0.312. The molecular weight excluding hydrogens is 291 g/mol. The molecule has 0 radical (unpaired) electrons. The number of benzene rings is 1. The molecule has 112 valence electrons. The molecule has 0 bridgehead atoms. The predicted octanol–water partition coefficient (Wildman–Crippen LogP) is 4.55. The zero-order valence-corrected chi connectivity index (χ0v) is 13.0. The van der Waals surface area contributed by atoms with E-state index >= 15 is 0 Å². The summed E-state index contributed by atoms with van der Waals surface area (Å²) in [4.78, 5) is 4.38. The molecule has 0 spiro atoms. The van der Waals surface area contributed by atoms with Crippen LogP contribution in [0.4, 0.5) is 4.39 Å². The molecule has 21 heavy (non-hydrogen) atoms. The van der Waals surface area contributed by atoms with Gasteiger partial charge in [-0.1, -0.05) is 11.6 Å². The second kappa shape index (κ2) is 6.41. The largest absolute Gasteiger partial charge is 0.439 e. The monoisotopic (exact) mass is 308 g/mol. The quantitative estimate of drug-likeness (QED) is 0.899. The van der Waals surface area contributed by atoms with E-state index in [4.69, 9.17) is 16.3 Å². The Morgan fingerprint density at radius 1 is 1.14 bits per heavy atom. The van der Waals surface area contributed by atoms with Gasteiger partial charge in [-0.05, 0) is 51.1 Å². The maximum absolute atomic E-state index is 12.9. The van der Waals surface area contributed by atoms with Crippen molar-refractivity contribution in [2.75, 3.05) is 0 Å². The molecule has 0 aliphatic heterocycles. The van der Waals surface area contributed by atoms with Gasteiger partial charge in [0.25, 0.3) is 0 Å². The maximum atomic E-state index is 12.9. The van der Waals surface area contributed by atoms with Crippen LogP contribution >= 0.6 is 11.6 Å². The molecule has 5 heteroatoms. The standard InChI is InChI=1S/C16H18ClFN2O/c1-16(2,3)19-10-14-13(17)8-9-15(20-14)21-12-6-4-11(18)5-7-12/h4-9,19H,10H2,1-3H3. The van der Waals surface area contributed by atoms with Gasteiger partial charge in [0.15, 0.2) is 0 Å². The number of nitrogens with one attached hydrogen (secondary N) is 1. The van der Waals surface area contributed by atoms with E-state index in [1.165, 1.54) is 12.1 Å². The van der Waals surface area contributed by atoms with E-state index < -0.39 is 0 Å². The van der Waals surface area contributed by atoms with Crippen LogP contribution in [0.15, 0.2) is 36.4 Å². The lowest BCUT2D eigenvalue weighted by Crippen LogP contribution is -2.35. The Bertz CT molecular complexity index is 609. The van der Waals surface area contributed by atoms with Crippen molar-refractivity contribution < 1.29 is 9.13 Å². The predicted molar refractivity (Wildman–Crippen MR) is 82.3 cm³/mol. The van der Waals surface area contributed by atoms with E-state index in [2.05, 4.69) is 31.1 Å². The van der Waals surface area contributed by atoms with Crippen molar-refractivity contribution in [3.8, 4) is 11.6 Å². The van der Waals surface area contributed by atoms with Crippen LogP contribution in [0.5, 0.6) is 11.6 Å². The molecular formula is C16H18ClFN2O. The van der Waals surface area contributed by atoms with Gasteiger partial charge >= 0.3 is 0 Å². The third-order valence-corrected chi connectivity index (χ3v) is 3.06. The highest BCUT2D eigenvalue weighted by Gasteiger charge is 2.12. The molecule has 0 aliphatic carbocycles. The molecule has 1 heterocycles. The molecule has 0 fully saturated rings. The van der Waals surface area contributed by atoms with Crippen LogP contribution in [0.2, 0.25) is 5.02 Å². The number of rotatable bonds is 4. The summed E-state index contributed by atoms with van der Waals surface area (Å²) < 4.78 is 18.5. The fourth-order valence-electron chi connectivity index (χ4n) is 1.62. The number of hydrogen-bond acceptors (Lipinski definition) is 3. The average molecular weight is 309 g/mol. The summed E-state index contributed by atoms with van der Waals surface area (Å²) in [5.74, 6) is 0.652. The van der Waals surface area contributed by atoms with Crippen LogP contribution < -0.4 is 10.1 Å². The van der Waals surface area contributed by atoms with Crippen LogP contribution in [0.25, 0.3) is 0 Å². The topological polar surface area (TPSA) is 34.2 Å². The Kier molecular flexibility index (Phi) is 4.80. The molecule has 1 aromatic heterocycles. The molecule has 1 N–H and O–H groups in total. The third kappa shape index (κ3) is 4.99. The van der Waals surface area contributed by atoms with Gasteiger partial charge < -0.3 is 10.1 Å². The number of pyridine rings is 1. The van der Waals surface area contributed by atoms with Gasteiger partial charge in [0.2, 0.25) is 5.88 Å². The first-order valence-corrected chi connectivity index (χ1v) is 7.05. The number of aromatic nitrogens is 1. The van der Waals surface area contributed by atoms with Crippen molar-refractivity contribution in [2.24, 2.45) is 0 Å². The Morgan fingerprint density at radius 2 is 1.81 bits per heavy atom. The average Bonchev–Trinajstić information content (AvgIpc) is 2.41. The highest BCUT2D eigenvalue weighted by atomic mass is 35.5. The smallest absolute Gasteiger partial charge is 0.219 e. The molecule has 0 atom stereocenters. The molecule has 2 aromatic rings. The SMILES string of the molecule is CC(C)(C)NCc1nc(Oc2ccc(F)cc2)ccc1Cl. The Labute approximate surface area is 129 Å². The summed E-state index contributed by atoms with van der Waals surface area (Å²) >= 11 is 6.14. The zero-order chi connectivity index (χ0) is 15.5. The number of hydrogen-bond donors (Lipinski definition) is 1. The van der Waals surface area contributed by atoms with Crippen LogP contribution in [0.3, 0.4) is 0 Å². The van der Waals surface area contributed by atoms with Gasteiger partial charge in [-0.25, -0.2) is 9.37 Å². The molecule has 0 amide bonds. The number of nitrogens with zero attached hydrogens (tertiary/aromatic N) is 1. The van der Waals surface area contributed by atoms with Crippen molar-refractivity contribution in [1.82, 2.24) is 10.3 Å². The summed E-state index contributed by atoms with van der Waals surface area (Å²) in [7, 11) is 0. The lowest BCUT2D eigenvalue weighted by atomic mass is 10.1. The Morgan fingerprint density at radius 3 is 2.43 bits per heavy atom. The summed E-state index contributed by atoms with van der Waals surface area (Å²) in [6.45, 7) is 6.75. The molecule has 0 aliphatic rings. The van der Waals surface area contributed by atoms with E-state index in [0.29, 0.717) is 28.9 Å². The van der Waals surface area contributed by atoms with Crippen molar-refractivity contribution in [3.05, 3.63) is 52.9 Å². The van der Waals surface area contributed by atoms with Crippen LogP contribution in [0.1, 0.15) is 26.5 Å². The van der Waals surface area contributed by atoms with Crippen molar-refractivity contribution in [1.29, 1.82) is 0 Å². The summed E-state index contributed by atoms with van der Waals surface area (Å²) in [6, 6.07) is 9.22.